The van der Waals surface area contributed by atoms with E-state index in [0.29, 0.717) is 0 Å². The highest BCUT2D eigenvalue weighted by molar-refractivity contribution is 7.89. The van der Waals surface area contributed by atoms with Gasteiger partial charge in [-0.3, -0.25) is 0 Å². The Bertz CT molecular complexity index is 793. The average molecular weight is 306 g/mol. The highest BCUT2D eigenvalue weighted by atomic mass is 32.2. The van der Waals surface area contributed by atoms with E-state index in [1.54, 1.807) is 12.1 Å². The Balaban J connectivity index is 2.18. The third-order valence-corrected chi connectivity index (χ3v) is 4.89. The van der Waals surface area contributed by atoms with Crippen molar-refractivity contribution in [2.24, 2.45) is 5.14 Å². The summed E-state index contributed by atoms with van der Waals surface area (Å²) in [6.07, 6.45) is 2.13. The summed E-state index contributed by atoms with van der Waals surface area (Å²) in [4.78, 5) is 0.0956. The first-order valence-electron chi connectivity index (χ1n) is 6.90. The summed E-state index contributed by atoms with van der Waals surface area (Å²) in [5.74, 6) is 0. The van der Waals surface area contributed by atoms with Crippen LogP contribution >= 0.6 is 0 Å². The number of rotatable bonds is 2. The standard InChI is InChI=1S/C15H18N2O3S/c1-10-8-13-14(6-3-7-15(13)18)17(10)11-4-2-5-12(9-11)21(16,19)20/h2,4-5,8-9,15,18H,3,6-7H2,1H3,(H2,16,19,20). The Labute approximate surface area is 124 Å². The van der Waals surface area contributed by atoms with Crippen LogP contribution in [0.15, 0.2) is 35.2 Å². The van der Waals surface area contributed by atoms with Gasteiger partial charge in [-0.05, 0) is 50.5 Å². The van der Waals surface area contributed by atoms with E-state index in [1.165, 1.54) is 6.07 Å². The summed E-state index contributed by atoms with van der Waals surface area (Å²) in [6, 6.07) is 8.56. The first kappa shape index (κ1) is 14.3. The highest BCUT2D eigenvalue weighted by Crippen LogP contribution is 2.34. The predicted molar refractivity (Wildman–Crippen MR) is 79.8 cm³/mol. The van der Waals surface area contributed by atoms with Crippen molar-refractivity contribution in [3.05, 3.63) is 47.3 Å². The van der Waals surface area contributed by atoms with Crippen molar-refractivity contribution < 1.29 is 13.5 Å². The van der Waals surface area contributed by atoms with Crippen molar-refractivity contribution in [3.8, 4) is 5.69 Å². The monoisotopic (exact) mass is 306 g/mol. The van der Waals surface area contributed by atoms with Crippen LogP contribution in [0.2, 0.25) is 0 Å². The van der Waals surface area contributed by atoms with Gasteiger partial charge in [0.15, 0.2) is 0 Å². The molecular weight excluding hydrogens is 288 g/mol. The van der Waals surface area contributed by atoms with Crippen LogP contribution in [0.5, 0.6) is 0 Å². The molecule has 0 radical (unpaired) electrons. The second-order valence-corrected chi connectivity index (χ2v) is 7.03. The van der Waals surface area contributed by atoms with Crippen LogP contribution in [-0.4, -0.2) is 18.1 Å². The summed E-state index contributed by atoms with van der Waals surface area (Å²) in [5.41, 5.74) is 3.74. The van der Waals surface area contributed by atoms with E-state index in [9.17, 15) is 13.5 Å². The van der Waals surface area contributed by atoms with Crippen molar-refractivity contribution in [2.45, 2.75) is 37.2 Å². The van der Waals surface area contributed by atoms with Gasteiger partial charge in [0.2, 0.25) is 10.0 Å². The van der Waals surface area contributed by atoms with Crippen LogP contribution in [0.3, 0.4) is 0 Å². The Morgan fingerprint density at radius 1 is 1.33 bits per heavy atom. The lowest BCUT2D eigenvalue weighted by Gasteiger charge is -2.20. The number of fused-ring (bicyclic) bond motifs is 1. The molecule has 1 aromatic carbocycles. The second kappa shape index (κ2) is 4.98. The summed E-state index contributed by atoms with van der Waals surface area (Å²) in [5, 5.41) is 15.3. The number of aliphatic hydroxyl groups is 1. The molecule has 3 N–H and O–H groups in total. The molecule has 0 bridgehead atoms. The van der Waals surface area contributed by atoms with Crippen molar-refractivity contribution in [3.63, 3.8) is 0 Å². The quantitative estimate of drug-likeness (QED) is 0.887. The molecule has 5 nitrogen and oxygen atoms in total. The van der Waals surface area contributed by atoms with E-state index in [0.717, 1.165) is 41.9 Å². The number of aromatic nitrogens is 1. The lowest BCUT2D eigenvalue weighted by atomic mass is 9.95. The van der Waals surface area contributed by atoms with Gasteiger partial charge in [-0.2, -0.15) is 0 Å². The van der Waals surface area contributed by atoms with Gasteiger partial charge < -0.3 is 9.67 Å². The smallest absolute Gasteiger partial charge is 0.238 e. The zero-order valence-corrected chi connectivity index (χ0v) is 12.6. The van der Waals surface area contributed by atoms with E-state index < -0.39 is 16.1 Å². The maximum atomic E-state index is 11.5. The van der Waals surface area contributed by atoms with Gasteiger partial charge >= 0.3 is 0 Å². The molecule has 2 aromatic rings. The fraction of sp³-hybridized carbons (Fsp3) is 0.333. The molecule has 1 heterocycles. The number of aryl methyl sites for hydroxylation is 1. The van der Waals surface area contributed by atoms with Gasteiger partial charge in [0.25, 0.3) is 0 Å². The maximum Gasteiger partial charge on any atom is 0.238 e. The molecule has 0 aliphatic heterocycles. The van der Waals surface area contributed by atoms with Gasteiger partial charge in [0.05, 0.1) is 11.0 Å². The van der Waals surface area contributed by atoms with Crippen molar-refractivity contribution in [1.29, 1.82) is 0 Å². The van der Waals surface area contributed by atoms with E-state index in [2.05, 4.69) is 0 Å². The van der Waals surface area contributed by atoms with E-state index in [4.69, 9.17) is 5.14 Å². The molecular formula is C15H18N2O3S. The van der Waals surface area contributed by atoms with Crippen LogP contribution in [-0.2, 0) is 16.4 Å². The number of nitrogens with zero attached hydrogens (tertiary/aromatic N) is 1. The number of sulfonamides is 1. The zero-order valence-electron chi connectivity index (χ0n) is 11.8. The van der Waals surface area contributed by atoms with Crippen molar-refractivity contribution in [1.82, 2.24) is 4.57 Å². The second-order valence-electron chi connectivity index (χ2n) is 5.47. The summed E-state index contributed by atoms with van der Waals surface area (Å²) >= 11 is 0. The van der Waals surface area contributed by atoms with Gasteiger partial charge in [-0.1, -0.05) is 6.07 Å². The molecule has 21 heavy (non-hydrogen) atoms. The fourth-order valence-electron chi connectivity index (χ4n) is 3.04. The van der Waals surface area contributed by atoms with Gasteiger partial charge in [-0.15, -0.1) is 0 Å². The molecule has 0 spiro atoms. The lowest BCUT2D eigenvalue weighted by molar-refractivity contribution is 0.156. The van der Waals surface area contributed by atoms with E-state index in [-0.39, 0.29) is 4.90 Å². The van der Waals surface area contributed by atoms with Crippen LogP contribution in [0.4, 0.5) is 0 Å². The molecule has 0 amide bonds. The van der Waals surface area contributed by atoms with Crippen molar-refractivity contribution in [2.75, 3.05) is 0 Å². The molecule has 0 saturated carbocycles. The molecule has 1 aliphatic rings. The third kappa shape index (κ3) is 2.50. The predicted octanol–water partition coefficient (Wildman–Crippen LogP) is 1.80. The Morgan fingerprint density at radius 3 is 2.81 bits per heavy atom. The van der Waals surface area contributed by atoms with Gasteiger partial charge in [0.1, 0.15) is 0 Å². The topological polar surface area (TPSA) is 85.3 Å². The minimum atomic E-state index is -3.72. The molecule has 1 aromatic heterocycles. The Kier molecular flexibility index (Phi) is 3.39. The molecule has 1 unspecified atom stereocenters. The van der Waals surface area contributed by atoms with Crippen molar-refractivity contribution >= 4 is 10.0 Å². The molecule has 1 aliphatic carbocycles. The van der Waals surface area contributed by atoms with Crippen LogP contribution in [0, 0.1) is 6.92 Å². The summed E-state index contributed by atoms with van der Waals surface area (Å²) in [7, 11) is -3.72. The number of primary sulfonamides is 1. The number of benzene rings is 1. The number of hydrogen-bond acceptors (Lipinski definition) is 3. The van der Waals surface area contributed by atoms with Crippen LogP contribution in [0.25, 0.3) is 5.69 Å². The maximum absolute atomic E-state index is 11.5. The largest absolute Gasteiger partial charge is 0.388 e. The third-order valence-electron chi connectivity index (χ3n) is 3.97. The zero-order chi connectivity index (χ0) is 15.2. The summed E-state index contributed by atoms with van der Waals surface area (Å²) in [6.45, 7) is 1.95. The fourth-order valence-corrected chi connectivity index (χ4v) is 3.59. The SMILES string of the molecule is Cc1cc2c(n1-c1cccc(S(N)(=O)=O)c1)CCCC2O. The minimum Gasteiger partial charge on any atom is -0.388 e. The Hall–Kier alpha value is -1.63. The highest BCUT2D eigenvalue weighted by Gasteiger charge is 2.24. The molecule has 0 fully saturated rings. The van der Waals surface area contributed by atoms with Crippen LogP contribution < -0.4 is 5.14 Å². The number of nitrogens with two attached hydrogens (primary N) is 1. The summed E-state index contributed by atoms with van der Waals surface area (Å²) < 4.78 is 25.0. The number of aliphatic hydroxyl groups excluding tert-OH is 1. The molecule has 1 atom stereocenters. The van der Waals surface area contributed by atoms with Crippen LogP contribution in [0.1, 0.15) is 35.9 Å². The molecule has 112 valence electrons. The normalized spacial score (nSPS) is 18.5. The van der Waals surface area contributed by atoms with Gasteiger partial charge in [-0.25, -0.2) is 13.6 Å². The molecule has 6 heteroatoms. The average Bonchev–Trinajstić information content (AvgIpc) is 2.76. The molecule has 3 rings (SSSR count). The first-order chi connectivity index (χ1) is 9.88. The van der Waals surface area contributed by atoms with E-state index in [1.807, 2.05) is 23.6 Å². The van der Waals surface area contributed by atoms with E-state index >= 15 is 0 Å². The minimum absolute atomic E-state index is 0.0956. The Morgan fingerprint density at radius 2 is 2.10 bits per heavy atom. The lowest BCUT2D eigenvalue weighted by Crippen LogP contribution is -2.14. The number of hydrogen-bond donors (Lipinski definition) is 2. The van der Waals surface area contributed by atoms with Gasteiger partial charge in [0, 0.05) is 22.6 Å². The first-order valence-corrected chi connectivity index (χ1v) is 8.45. The molecule has 0 saturated heterocycles.